The number of ether oxygens (including phenoxy) is 2. The SMILES string of the molecule is COc1cc(OC)cc([C@H](Nc2ccc(C(=N)N)cc2)c2nn(-c3ncccc3C)c(=O)[nH]2)c1. The molecule has 0 aliphatic carbocycles. The average Bonchev–Trinajstić information content (AvgIpc) is 3.23. The molecular weight excluding hydrogens is 434 g/mol. The lowest BCUT2D eigenvalue weighted by atomic mass is 10.0. The number of benzene rings is 2. The van der Waals surface area contributed by atoms with Crippen LogP contribution in [0.3, 0.4) is 0 Å². The minimum atomic E-state index is -0.565. The Labute approximate surface area is 195 Å². The second-order valence-electron chi connectivity index (χ2n) is 7.59. The Morgan fingerprint density at radius 2 is 1.79 bits per heavy atom. The number of nitrogens with two attached hydrogens (primary N) is 1. The standard InChI is InChI=1S/C24H25N7O3/c1-14-5-4-10-27-23(14)31-24(32)29-22(30-31)20(16-11-18(33-2)13-19(12-16)34-3)28-17-8-6-15(7-9-17)21(25)26/h4-13,20,28H,1-3H3,(H3,25,26)(H,29,30,32)/t20-/m0/s1. The van der Waals surface area contributed by atoms with Gasteiger partial charge in [-0.1, -0.05) is 6.07 Å². The van der Waals surface area contributed by atoms with Gasteiger partial charge >= 0.3 is 5.69 Å². The Morgan fingerprint density at radius 1 is 1.12 bits per heavy atom. The normalized spacial score (nSPS) is 11.6. The van der Waals surface area contributed by atoms with Crippen LogP contribution in [0, 0.1) is 12.3 Å². The molecule has 0 aliphatic rings. The molecule has 0 saturated heterocycles. The zero-order chi connectivity index (χ0) is 24.2. The fraction of sp³-hybridized carbons (Fsp3) is 0.167. The number of amidine groups is 1. The van der Waals surface area contributed by atoms with Crippen LogP contribution in [0.2, 0.25) is 0 Å². The lowest BCUT2D eigenvalue weighted by Crippen LogP contribution is -2.18. The Bertz CT molecular complexity index is 1350. The zero-order valence-electron chi connectivity index (χ0n) is 19.0. The van der Waals surface area contributed by atoms with E-state index in [0.717, 1.165) is 16.8 Å². The summed E-state index contributed by atoms with van der Waals surface area (Å²) in [7, 11) is 3.14. The van der Waals surface area contributed by atoms with Crippen molar-refractivity contribution in [2.24, 2.45) is 5.73 Å². The van der Waals surface area contributed by atoms with E-state index in [4.69, 9.17) is 20.6 Å². The minimum absolute atomic E-state index is 0.0190. The summed E-state index contributed by atoms with van der Waals surface area (Å²) in [6, 6.07) is 15.6. The number of hydrogen-bond donors (Lipinski definition) is 4. The minimum Gasteiger partial charge on any atom is -0.497 e. The third kappa shape index (κ3) is 4.60. The molecule has 10 nitrogen and oxygen atoms in total. The first-order valence-corrected chi connectivity index (χ1v) is 10.4. The van der Waals surface area contributed by atoms with Crippen molar-refractivity contribution in [2.75, 3.05) is 19.5 Å². The van der Waals surface area contributed by atoms with Gasteiger partial charge in [0.15, 0.2) is 11.6 Å². The number of pyridine rings is 1. The van der Waals surface area contributed by atoms with Gasteiger partial charge in [-0.05, 0) is 60.5 Å². The van der Waals surface area contributed by atoms with E-state index in [1.807, 2.05) is 25.1 Å². The number of rotatable bonds is 8. The summed E-state index contributed by atoms with van der Waals surface area (Å²) in [5.41, 5.74) is 8.08. The van der Waals surface area contributed by atoms with Crippen LogP contribution in [0.1, 0.15) is 28.6 Å². The molecule has 0 radical (unpaired) electrons. The van der Waals surface area contributed by atoms with Gasteiger partial charge in [0, 0.05) is 23.5 Å². The number of nitrogens with zero attached hydrogens (tertiary/aromatic N) is 3. The van der Waals surface area contributed by atoms with Crippen molar-refractivity contribution in [3.63, 3.8) is 0 Å². The van der Waals surface area contributed by atoms with Crippen LogP contribution < -0.4 is 26.2 Å². The number of aromatic amines is 1. The number of anilines is 1. The molecule has 34 heavy (non-hydrogen) atoms. The van der Waals surface area contributed by atoms with Gasteiger partial charge in [0.25, 0.3) is 0 Å². The molecule has 5 N–H and O–H groups in total. The fourth-order valence-corrected chi connectivity index (χ4v) is 3.53. The second-order valence-corrected chi connectivity index (χ2v) is 7.59. The summed E-state index contributed by atoms with van der Waals surface area (Å²) in [5, 5.41) is 15.6. The Balaban J connectivity index is 1.82. The second kappa shape index (κ2) is 9.49. The maximum atomic E-state index is 12.8. The number of H-pyrrole nitrogens is 1. The molecule has 2 aromatic carbocycles. The molecule has 0 unspecified atom stereocenters. The first kappa shape index (κ1) is 22.6. The smallest absolute Gasteiger partial charge is 0.349 e. The van der Waals surface area contributed by atoms with Gasteiger partial charge in [0.1, 0.15) is 23.4 Å². The predicted molar refractivity (Wildman–Crippen MR) is 129 cm³/mol. The first-order chi connectivity index (χ1) is 16.4. The number of aromatic nitrogens is 4. The highest BCUT2D eigenvalue weighted by Gasteiger charge is 2.22. The number of hydrogen-bond acceptors (Lipinski definition) is 7. The average molecular weight is 460 g/mol. The monoisotopic (exact) mass is 459 g/mol. The fourth-order valence-electron chi connectivity index (χ4n) is 3.53. The van der Waals surface area contributed by atoms with Crippen LogP contribution in [-0.2, 0) is 0 Å². The van der Waals surface area contributed by atoms with Crippen molar-refractivity contribution in [1.82, 2.24) is 19.7 Å². The molecule has 0 spiro atoms. The van der Waals surface area contributed by atoms with E-state index in [0.29, 0.717) is 28.7 Å². The van der Waals surface area contributed by atoms with Crippen molar-refractivity contribution in [3.05, 3.63) is 93.8 Å². The molecule has 1 atom stereocenters. The van der Waals surface area contributed by atoms with E-state index in [-0.39, 0.29) is 5.84 Å². The molecule has 2 aromatic heterocycles. The van der Waals surface area contributed by atoms with Gasteiger partial charge in [0.2, 0.25) is 0 Å². The van der Waals surface area contributed by atoms with Crippen LogP contribution in [0.15, 0.2) is 65.6 Å². The summed E-state index contributed by atoms with van der Waals surface area (Å²) in [5.74, 6) is 1.99. The van der Waals surface area contributed by atoms with E-state index in [9.17, 15) is 4.79 Å². The third-order valence-corrected chi connectivity index (χ3v) is 5.31. The summed E-state index contributed by atoms with van der Waals surface area (Å²) in [6.45, 7) is 1.86. The molecule has 4 rings (SSSR count). The van der Waals surface area contributed by atoms with Crippen molar-refractivity contribution in [3.8, 4) is 17.3 Å². The van der Waals surface area contributed by atoms with E-state index in [1.54, 1.807) is 56.8 Å². The third-order valence-electron chi connectivity index (χ3n) is 5.31. The van der Waals surface area contributed by atoms with E-state index >= 15 is 0 Å². The van der Waals surface area contributed by atoms with Crippen molar-refractivity contribution in [2.45, 2.75) is 13.0 Å². The van der Waals surface area contributed by atoms with Gasteiger partial charge in [0.05, 0.1) is 14.2 Å². The van der Waals surface area contributed by atoms with Crippen LogP contribution in [-0.4, -0.2) is 39.8 Å². The van der Waals surface area contributed by atoms with Crippen molar-refractivity contribution in [1.29, 1.82) is 5.41 Å². The van der Waals surface area contributed by atoms with Gasteiger partial charge in [-0.3, -0.25) is 10.4 Å². The van der Waals surface area contributed by atoms with Crippen LogP contribution >= 0.6 is 0 Å². The first-order valence-electron chi connectivity index (χ1n) is 10.4. The Hall–Kier alpha value is -4.60. The highest BCUT2D eigenvalue weighted by Crippen LogP contribution is 2.31. The highest BCUT2D eigenvalue weighted by molar-refractivity contribution is 5.95. The number of nitrogens with one attached hydrogen (secondary N) is 3. The van der Waals surface area contributed by atoms with Crippen LogP contribution in [0.4, 0.5) is 5.69 Å². The van der Waals surface area contributed by atoms with E-state index in [1.165, 1.54) is 4.68 Å². The summed E-state index contributed by atoms with van der Waals surface area (Å²) >= 11 is 0. The predicted octanol–water partition coefficient (Wildman–Crippen LogP) is 2.77. The Kier molecular flexibility index (Phi) is 6.30. The quantitative estimate of drug-likeness (QED) is 0.234. The maximum Gasteiger partial charge on any atom is 0.349 e. The molecule has 4 aromatic rings. The zero-order valence-corrected chi connectivity index (χ0v) is 19.0. The lowest BCUT2D eigenvalue weighted by Gasteiger charge is -2.20. The molecule has 0 aliphatic heterocycles. The topological polar surface area (TPSA) is 144 Å². The van der Waals surface area contributed by atoms with Gasteiger partial charge in [-0.25, -0.2) is 9.78 Å². The van der Waals surface area contributed by atoms with Crippen LogP contribution in [0.5, 0.6) is 11.5 Å². The molecule has 2 heterocycles. The maximum absolute atomic E-state index is 12.8. The Morgan fingerprint density at radius 3 is 2.38 bits per heavy atom. The highest BCUT2D eigenvalue weighted by atomic mass is 16.5. The largest absolute Gasteiger partial charge is 0.497 e. The number of aryl methyl sites for hydroxylation is 1. The molecule has 0 fully saturated rings. The van der Waals surface area contributed by atoms with Gasteiger partial charge in [-0.15, -0.1) is 5.10 Å². The molecule has 0 amide bonds. The molecule has 0 saturated carbocycles. The lowest BCUT2D eigenvalue weighted by molar-refractivity contribution is 0.393. The van der Waals surface area contributed by atoms with Crippen LogP contribution in [0.25, 0.3) is 5.82 Å². The molecule has 10 heteroatoms. The van der Waals surface area contributed by atoms with E-state index < -0.39 is 11.7 Å². The number of nitrogen functional groups attached to an aromatic ring is 1. The van der Waals surface area contributed by atoms with E-state index in [2.05, 4.69) is 20.4 Å². The summed E-state index contributed by atoms with van der Waals surface area (Å²) < 4.78 is 12.1. The van der Waals surface area contributed by atoms with Crippen molar-refractivity contribution < 1.29 is 9.47 Å². The molecular formula is C24H25N7O3. The number of methoxy groups -OCH3 is 2. The molecule has 174 valence electrons. The summed E-state index contributed by atoms with van der Waals surface area (Å²) in [6.07, 6.45) is 1.61. The van der Waals surface area contributed by atoms with Gasteiger partial charge < -0.3 is 20.5 Å². The molecule has 0 bridgehead atoms. The van der Waals surface area contributed by atoms with Crippen molar-refractivity contribution >= 4 is 11.5 Å². The summed E-state index contributed by atoms with van der Waals surface area (Å²) in [4.78, 5) is 20.0. The van der Waals surface area contributed by atoms with Gasteiger partial charge in [-0.2, -0.15) is 4.68 Å².